The molecular weight excluding hydrogens is 194 g/mol. The first-order valence-electron chi connectivity index (χ1n) is 6.34. The van der Waals surface area contributed by atoms with Crippen molar-refractivity contribution in [3.05, 3.63) is 29.3 Å². The second kappa shape index (κ2) is 4.12. The van der Waals surface area contributed by atoms with Gasteiger partial charge in [0.2, 0.25) is 0 Å². The molecule has 0 aliphatic heterocycles. The fourth-order valence-electron chi connectivity index (χ4n) is 2.69. The molecule has 0 radical (unpaired) electrons. The number of nitrogens with two attached hydrogens (primary N) is 1. The summed E-state index contributed by atoms with van der Waals surface area (Å²) in [7, 11) is 0. The summed E-state index contributed by atoms with van der Waals surface area (Å²) in [6.07, 6.45) is 5.36. The summed E-state index contributed by atoms with van der Waals surface area (Å²) in [6.45, 7) is 6.88. The van der Waals surface area contributed by atoms with E-state index in [1.165, 1.54) is 36.8 Å². The number of hydrogen-bond acceptors (Lipinski definition) is 1. The van der Waals surface area contributed by atoms with Crippen LogP contribution in [0.5, 0.6) is 0 Å². The van der Waals surface area contributed by atoms with Gasteiger partial charge in [0.15, 0.2) is 0 Å². The molecule has 2 rings (SSSR count). The van der Waals surface area contributed by atoms with Gasteiger partial charge in [0.05, 0.1) is 0 Å². The van der Waals surface area contributed by atoms with Crippen molar-refractivity contribution in [2.75, 3.05) is 5.73 Å². The molecule has 1 aliphatic rings. The maximum Gasteiger partial charge on any atom is 0.0343 e. The van der Waals surface area contributed by atoms with Crippen molar-refractivity contribution >= 4 is 5.69 Å². The Kier molecular flexibility index (Phi) is 2.96. The summed E-state index contributed by atoms with van der Waals surface area (Å²) in [4.78, 5) is 0. The molecule has 16 heavy (non-hydrogen) atoms. The van der Waals surface area contributed by atoms with E-state index in [9.17, 15) is 0 Å². The average Bonchev–Trinajstić information content (AvgIpc) is 2.22. The zero-order chi connectivity index (χ0) is 11.8. The molecular formula is C15H23N. The SMILES string of the molecule is Cc1cc(C2CCC(C)(C)CC2)ccc1N. The molecule has 0 heterocycles. The Bertz CT molecular complexity index is 369. The highest BCUT2D eigenvalue weighted by atomic mass is 14.5. The molecule has 0 spiro atoms. The van der Waals surface area contributed by atoms with Gasteiger partial charge in [0, 0.05) is 5.69 Å². The largest absolute Gasteiger partial charge is 0.399 e. The summed E-state index contributed by atoms with van der Waals surface area (Å²) >= 11 is 0. The van der Waals surface area contributed by atoms with Crippen LogP contribution in [-0.4, -0.2) is 0 Å². The topological polar surface area (TPSA) is 26.0 Å². The van der Waals surface area contributed by atoms with Crippen LogP contribution in [0.1, 0.15) is 56.6 Å². The molecule has 1 nitrogen and oxygen atoms in total. The van der Waals surface area contributed by atoms with Gasteiger partial charge in [-0.15, -0.1) is 0 Å². The van der Waals surface area contributed by atoms with Crippen LogP contribution in [-0.2, 0) is 0 Å². The Morgan fingerprint density at radius 3 is 2.38 bits per heavy atom. The van der Waals surface area contributed by atoms with Crippen LogP contribution in [0.2, 0.25) is 0 Å². The van der Waals surface area contributed by atoms with E-state index >= 15 is 0 Å². The molecule has 1 heteroatoms. The smallest absolute Gasteiger partial charge is 0.0343 e. The monoisotopic (exact) mass is 217 g/mol. The van der Waals surface area contributed by atoms with Crippen molar-refractivity contribution in [2.24, 2.45) is 5.41 Å². The van der Waals surface area contributed by atoms with Crippen LogP contribution < -0.4 is 5.73 Å². The number of anilines is 1. The van der Waals surface area contributed by atoms with Gasteiger partial charge in [-0.25, -0.2) is 0 Å². The van der Waals surface area contributed by atoms with E-state index in [0.29, 0.717) is 5.41 Å². The van der Waals surface area contributed by atoms with Gasteiger partial charge >= 0.3 is 0 Å². The second-order valence-electron chi connectivity index (χ2n) is 6.05. The van der Waals surface area contributed by atoms with Crippen LogP contribution in [0.15, 0.2) is 18.2 Å². The first-order valence-corrected chi connectivity index (χ1v) is 6.34. The number of benzene rings is 1. The number of rotatable bonds is 1. The maximum absolute atomic E-state index is 5.86. The zero-order valence-corrected chi connectivity index (χ0v) is 10.7. The second-order valence-corrected chi connectivity index (χ2v) is 6.05. The Balaban J connectivity index is 2.11. The van der Waals surface area contributed by atoms with Crippen LogP contribution in [0, 0.1) is 12.3 Å². The predicted molar refractivity (Wildman–Crippen MR) is 70.6 cm³/mol. The van der Waals surface area contributed by atoms with Crippen molar-refractivity contribution < 1.29 is 0 Å². The zero-order valence-electron chi connectivity index (χ0n) is 10.7. The van der Waals surface area contributed by atoms with E-state index in [-0.39, 0.29) is 0 Å². The van der Waals surface area contributed by atoms with Crippen LogP contribution in [0.25, 0.3) is 0 Å². The van der Waals surface area contributed by atoms with Crippen LogP contribution in [0.4, 0.5) is 5.69 Å². The Morgan fingerprint density at radius 2 is 1.81 bits per heavy atom. The average molecular weight is 217 g/mol. The Morgan fingerprint density at radius 1 is 1.19 bits per heavy atom. The maximum atomic E-state index is 5.86. The van der Waals surface area contributed by atoms with E-state index in [2.05, 4.69) is 39.0 Å². The first kappa shape index (κ1) is 11.5. The first-order chi connectivity index (χ1) is 7.48. The highest BCUT2D eigenvalue weighted by Gasteiger charge is 2.27. The molecule has 1 aromatic carbocycles. The lowest BCUT2D eigenvalue weighted by atomic mass is 9.71. The quantitative estimate of drug-likeness (QED) is 0.699. The number of nitrogen functional groups attached to an aromatic ring is 1. The van der Waals surface area contributed by atoms with Gasteiger partial charge in [-0.2, -0.15) is 0 Å². The third-order valence-corrected chi connectivity index (χ3v) is 4.10. The lowest BCUT2D eigenvalue weighted by Crippen LogP contribution is -2.20. The Hall–Kier alpha value is -0.980. The van der Waals surface area contributed by atoms with Crippen molar-refractivity contribution in [3.8, 4) is 0 Å². The van der Waals surface area contributed by atoms with Crippen molar-refractivity contribution in [3.63, 3.8) is 0 Å². The highest BCUT2D eigenvalue weighted by molar-refractivity contribution is 5.48. The molecule has 0 bridgehead atoms. The fraction of sp³-hybridized carbons (Fsp3) is 0.600. The molecule has 1 aromatic rings. The minimum atomic E-state index is 0.555. The standard InChI is InChI=1S/C15H23N/c1-11-10-13(4-5-14(11)16)12-6-8-15(2,3)9-7-12/h4-5,10,12H,6-9,16H2,1-3H3. The van der Waals surface area contributed by atoms with Gasteiger partial charge in [0.25, 0.3) is 0 Å². The normalized spacial score (nSPS) is 20.9. The lowest BCUT2D eigenvalue weighted by molar-refractivity contribution is 0.224. The van der Waals surface area contributed by atoms with Gasteiger partial charge in [0.1, 0.15) is 0 Å². The Labute approximate surface area is 99.0 Å². The molecule has 2 N–H and O–H groups in total. The summed E-state index contributed by atoms with van der Waals surface area (Å²) in [5.74, 6) is 0.757. The third-order valence-electron chi connectivity index (χ3n) is 4.10. The van der Waals surface area contributed by atoms with E-state index in [1.807, 2.05) is 0 Å². The molecule has 1 saturated carbocycles. The van der Waals surface area contributed by atoms with Crippen LogP contribution >= 0.6 is 0 Å². The summed E-state index contributed by atoms with van der Waals surface area (Å²) in [5, 5.41) is 0. The van der Waals surface area contributed by atoms with E-state index in [0.717, 1.165) is 11.6 Å². The van der Waals surface area contributed by atoms with Crippen molar-refractivity contribution in [1.29, 1.82) is 0 Å². The molecule has 0 saturated heterocycles. The van der Waals surface area contributed by atoms with Gasteiger partial charge in [-0.1, -0.05) is 26.0 Å². The number of hydrogen-bond donors (Lipinski definition) is 1. The van der Waals surface area contributed by atoms with Gasteiger partial charge in [-0.3, -0.25) is 0 Å². The van der Waals surface area contributed by atoms with Crippen molar-refractivity contribution in [2.45, 2.75) is 52.4 Å². The van der Waals surface area contributed by atoms with Crippen LogP contribution in [0.3, 0.4) is 0 Å². The third kappa shape index (κ3) is 2.40. The summed E-state index contributed by atoms with van der Waals surface area (Å²) in [6, 6.07) is 6.55. The minimum Gasteiger partial charge on any atom is -0.399 e. The van der Waals surface area contributed by atoms with E-state index in [1.54, 1.807) is 0 Å². The van der Waals surface area contributed by atoms with E-state index in [4.69, 9.17) is 5.73 Å². The highest BCUT2D eigenvalue weighted by Crippen LogP contribution is 2.42. The molecule has 1 fully saturated rings. The van der Waals surface area contributed by atoms with Gasteiger partial charge in [-0.05, 0) is 61.1 Å². The molecule has 0 aromatic heterocycles. The lowest BCUT2D eigenvalue weighted by Gasteiger charge is -2.34. The van der Waals surface area contributed by atoms with E-state index < -0.39 is 0 Å². The summed E-state index contributed by atoms with van der Waals surface area (Å²) in [5.41, 5.74) is 10.0. The predicted octanol–water partition coefficient (Wildman–Crippen LogP) is 4.26. The minimum absolute atomic E-state index is 0.555. The van der Waals surface area contributed by atoms with Crippen molar-refractivity contribution in [1.82, 2.24) is 0 Å². The molecule has 0 unspecified atom stereocenters. The fourth-order valence-corrected chi connectivity index (χ4v) is 2.69. The molecule has 88 valence electrons. The van der Waals surface area contributed by atoms with Gasteiger partial charge < -0.3 is 5.73 Å². The number of aryl methyl sites for hydroxylation is 1. The summed E-state index contributed by atoms with van der Waals surface area (Å²) < 4.78 is 0. The molecule has 0 atom stereocenters. The molecule has 0 amide bonds. The molecule has 1 aliphatic carbocycles.